The molecule has 0 radical (unpaired) electrons. The predicted octanol–water partition coefficient (Wildman–Crippen LogP) is 14.8. The van der Waals surface area contributed by atoms with Gasteiger partial charge in [0, 0.05) is 64.1 Å². The summed E-state index contributed by atoms with van der Waals surface area (Å²) in [4.78, 5) is 25.8. The van der Waals surface area contributed by atoms with E-state index in [1.807, 2.05) is 121 Å². The quantitative estimate of drug-likeness (QED) is 0.165. The maximum absolute atomic E-state index is 6.56. The Morgan fingerprint density at radius 1 is 0.349 bits per heavy atom. The Balaban J connectivity index is 0.999. The normalized spacial score (nSPS) is 11.8. The van der Waals surface area contributed by atoms with E-state index < -0.39 is 0 Å². The van der Waals surface area contributed by atoms with Gasteiger partial charge >= 0.3 is 0 Å². The van der Waals surface area contributed by atoms with Gasteiger partial charge in [0.1, 0.15) is 28.0 Å². The molecule has 0 N–H and O–H groups in total. The highest BCUT2D eigenvalue weighted by atomic mass is 32.1. The van der Waals surface area contributed by atoms with E-state index in [1.165, 1.54) is 25.7 Å². The van der Waals surface area contributed by atoms with Crippen molar-refractivity contribution in [3.8, 4) is 67.9 Å². The van der Waals surface area contributed by atoms with Crippen LogP contribution in [0.2, 0.25) is 0 Å². The zero-order valence-electron chi connectivity index (χ0n) is 33.4. The molecule has 5 heterocycles. The third-order valence-corrected chi connectivity index (χ3v) is 13.0. The number of aromatic nitrogens is 5. The van der Waals surface area contributed by atoms with E-state index in [0.29, 0.717) is 34.6 Å². The minimum atomic E-state index is 0.544. The first-order valence-corrected chi connectivity index (χ1v) is 21.6. The number of fused-ring (bicyclic) bond motifs is 9. The zero-order valence-corrected chi connectivity index (χ0v) is 34.2. The van der Waals surface area contributed by atoms with Crippen LogP contribution in [0.4, 0.5) is 0 Å². The summed E-state index contributed by atoms with van der Waals surface area (Å²) in [7, 11) is 0. The molecule has 0 aliphatic heterocycles. The fraction of sp³-hybridized carbons (Fsp3) is 0. The van der Waals surface area contributed by atoms with E-state index in [0.717, 1.165) is 71.8 Å². The molecular formula is C55H31N5O2S. The number of furan rings is 2. The SMILES string of the molecule is c1ccc(-c2nc(-c3cccc(-c4cccc5c4sc4ccccc45)c3)nc(-c3cccc4oc5ccc(-c6nc(-c7ccccc7)nc7c6oc6ccccc67)cc5c34)n2)cc1. The van der Waals surface area contributed by atoms with Gasteiger partial charge in [0.2, 0.25) is 0 Å². The summed E-state index contributed by atoms with van der Waals surface area (Å²) in [6, 6.07) is 64.0. The number of hydrogen-bond donors (Lipinski definition) is 0. The smallest absolute Gasteiger partial charge is 0.180 e. The molecule has 0 unspecified atom stereocenters. The van der Waals surface area contributed by atoms with Crippen LogP contribution in [0.1, 0.15) is 0 Å². The average molecular weight is 826 g/mol. The molecule has 0 amide bonds. The highest BCUT2D eigenvalue weighted by molar-refractivity contribution is 7.26. The first-order valence-electron chi connectivity index (χ1n) is 20.7. The van der Waals surface area contributed by atoms with Gasteiger partial charge in [-0.3, -0.25) is 0 Å². The van der Waals surface area contributed by atoms with Crippen LogP contribution >= 0.6 is 11.3 Å². The second kappa shape index (κ2) is 14.1. The summed E-state index contributed by atoms with van der Waals surface area (Å²) in [5.74, 6) is 2.33. The number of thiophene rings is 1. The minimum absolute atomic E-state index is 0.544. The lowest BCUT2D eigenvalue weighted by atomic mass is 10.0. The predicted molar refractivity (Wildman–Crippen MR) is 255 cm³/mol. The second-order valence-electron chi connectivity index (χ2n) is 15.6. The Labute approximate surface area is 363 Å². The highest BCUT2D eigenvalue weighted by Crippen LogP contribution is 2.43. The zero-order chi connectivity index (χ0) is 41.4. The lowest BCUT2D eigenvalue weighted by Crippen LogP contribution is -2.00. The molecule has 5 aromatic heterocycles. The average Bonchev–Trinajstić information content (AvgIpc) is 4.05. The van der Waals surface area contributed by atoms with Crippen molar-refractivity contribution in [3.05, 3.63) is 188 Å². The fourth-order valence-electron chi connectivity index (χ4n) is 8.81. The molecule has 0 bridgehead atoms. The molecular weight excluding hydrogens is 795 g/mol. The van der Waals surface area contributed by atoms with Crippen LogP contribution in [-0.4, -0.2) is 24.9 Å². The van der Waals surface area contributed by atoms with E-state index in [2.05, 4.69) is 78.9 Å². The molecule has 0 aliphatic carbocycles. The lowest BCUT2D eigenvalue weighted by molar-refractivity contribution is 0.666. The molecule has 0 atom stereocenters. The fourth-order valence-corrected chi connectivity index (χ4v) is 10.0. The van der Waals surface area contributed by atoms with Crippen molar-refractivity contribution in [2.45, 2.75) is 0 Å². The Hall–Kier alpha value is -8.33. The van der Waals surface area contributed by atoms with Gasteiger partial charge in [-0.2, -0.15) is 0 Å². The maximum atomic E-state index is 6.56. The van der Waals surface area contributed by atoms with Crippen LogP contribution < -0.4 is 0 Å². The van der Waals surface area contributed by atoms with Gasteiger partial charge in [0.05, 0.1) is 0 Å². The number of hydrogen-bond acceptors (Lipinski definition) is 8. The topological polar surface area (TPSA) is 90.7 Å². The molecule has 0 saturated carbocycles. The van der Waals surface area contributed by atoms with E-state index in [9.17, 15) is 0 Å². The lowest BCUT2D eigenvalue weighted by Gasteiger charge is -2.11. The molecule has 0 spiro atoms. The Bertz CT molecular complexity index is 3930. The number of rotatable bonds is 6. The summed E-state index contributed by atoms with van der Waals surface area (Å²) < 4.78 is 15.6. The molecule has 13 aromatic rings. The van der Waals surface area contributed by atoms with Crippen LogP contribution in [0.3, 0.4) is 0 Å². The first-order chi connectivity index (χ1) is 31.2. The van der Waals surface area contributed by atoms with Crippen LogP contribution in [-0.2, 0) is 0 Å². The van der Waals surface area contributed by atoms with Crippen LogP contribution in [0.25, 0.3) is 132 Å². The van der Waals surface area contributed by atoms with E-state index in [4.69, 9.17) is 33.8 Å². The van der Waals surface area contributed by atoms with E-state index >= 15 is 0 Å². The van der Waals surface area contributed by atoms with Crippen molar-refractivity contribution in [2.75, 3.05) is 0 Å². The highest BCUT2D eigenvalue weighted by Gasteiger charge is 2.22. The third-order valence-electron chi connectivity index (χ3n) is 11.8. The van der Waals surface area contributed by atoms with Gasteiger partial charge in [-0.1, -0.05) is 140 Å². The van der Waals surface area contributed by atoms with Crippen molar-refractivity contribution in [3.63, 3.8) is 0 Å². The number of para-hydroxylation sites is 1. The third kappa shape index (κ3) is 5.84. The molecule has 8 heteroatoms. The van der Waals surface area contributed by atoms with Crippen molar-refractivity contribution >= 4 is 75.5 Å². The maximum Gasteiger partial charge on any atom is 0.180 e. The van der Waals surface area contributed by atoms with Gasteiger partial charge < -0.3 is 8.83 Å². The van der Waals surface area contributed by atoms with Crippen molar-refractivity contribution in [1.82, 2.24) is 24.9 Å². The van der Waals surface area contributed by atoms with Gasteiger partial charge in [0.15, 0.2) is 28.9 Å². The minimum Gasteiger partial charge on any atom is -0.456 e. The Kier molecular flexibility index (Phi) is 7.94. The Morgan fingerprint density at radius 3 is 1.79 bits per heavy atom. The molecule has 0 saturated heterocycles. The van der Waals surface area contributed by atoms with Crippen molar-refractivity contribution in [2.24, 2.45) is 0 Å². The number of benzene rings is 8. The molecule has 7 nitrogen and oxygen atoms in total. The van der Waals surface area contributed by atoms with E-state index in [1.54, 1.807) is 0 Å². The molecule has 63 heavy (non-hydrogen) atoms. The van der Waals surface area contributed by atoms with Gasteiger partial charge in [-0.05, 0) is 59.7 Å². The molecule has 13 rings (SSSR count). The monoisotopic (exact) mass is 825 g/mol. The largest absolute Gasteiger partial charge is 0.456 e. The first kappa shape index (κ1) is 35.4. The van der Waals surface area contributed by atoms with Gasteiger partial charge in [-0.15, -0.1) is 11.3 Å². The summed E-state index contributed by atoms with van der Waals surface area (Å²) >= 11 is 1.82. The van der Waals surface area contributed by atoms with Crippen LogP contribution in [0.15, 0.2) is 197 Å². The van der Waals surface area contributed by atoms with Crippen LogP contribution in [0, 0.1) is 0 Å². The molecule has 0 fully saturated rings. The summed E-state index contributed by atoms with van der Waals surface area (Å²) in [6.07, 6.45) is 0. The Morgan fingerprint density at radius 2 is 0.952 bits per heavy atom. The molecule has 8 aromatic carbocycles. The summed E-state index contributed by atoms with van der Waals surface area (Å²) in [5.41, 5.74) is 11.0. The van der Waals surface area contributed by atoms with E-state index in [-0.39, 0.29) is 0 Å². The molecule has 294 valence electrons. The summed E-state index contributed by atoms with van der Waals surface area (Å²) in [5, 5.41) is 5.27. The standard InChI is InChI=1S/C55H31N5O2S/c1-3-14-32(15-4-1)52-56-48(50-49(57-52)40-21-7-9-25-43(40)62-50)35-28-29-44-42(31-35)47-41(24-13-26-45(47)61-44)55-59-53(33-16-5-2-6-17-33)58-54(60-55)36-19-11-18-34(30-36)37-22-12-23-39-38-20-8-10-27-46(38)63-51(37)39/h1-31H. The summed E-state index contributed by atoms with van der Waals surface area (Å²) in [6.45, 7) is 0. The van der Waals surface area contributed by atoms with Crippen molar-refractivity contribution < 1.29 is 8.83 Å². The second-order valence-corrected chi connectivity index (χ2v) is 16.6. The number of nitrogens with zero attached hydrogens (tertiary/aromatic N) is 5. The van der Waals surface area contributed by atoms with Gasteiger partial charge in [-0.25, -0.2) is 24.9 Å². The molecule has 0 aliphatic rings. The van der Waals surface area contributed by atoms with Crippen LogP contribution in [0.5, 0.6) is 0 Å². The van der Waals surface area contributed by atoms with Gasteiger partial charge in [0.25, 0.3) is 0 Å². The van der Waals surface area contributed by atoms with Crippen molar-refractivity contribution in [1.29, 1.82) is 0 Å².